The van der Waals surface area contributed by atoms with E-state index in [2.05, 4.69) is 22.0 Å². The molecule has 0 atom stereocenters. The molecule has 1 aliphatic carbocycles. The summed E-state index contributed by atoms with van der Waals surface area (Å²) >= 11 is 0. The highest BCUT2D eigenvalue weighted by molar-refractivity contribution is 5.28. The molecule has 2 rings (SSSR count). The molecule has 5 heteroatoms. The topological polar surface area (TPSA) is 68.2 Å². The first-order valence-corrected chi connectivity index (χ1v) is 5.13. The first-order valence-electron chi connectivity index (χ1n) is 5.13. The molecule has 1 aromatic rings. The van der Waals surface area contributed by atoms with Gasteiger partial charge in [-0.25, -0.2) is 0 Å². The van der Waals surface area contributed by atoms with Crippen molar-refractivity contribution in [2.75, 3.05) is 23.7 Å². The van der Waals surface area contributed by atoms with Gasteiger partial charge in [-0.15, -0.1) is 0 Å². The van der Waals surface area contributed by atoms with Crippen LogP contribution in [-0.2, 0) is 0 Å². The van der Waals surface area contributed by atoms with Crippen LogP contribution in [0.3, 0.4) is 0 Å². The van der Waals surface area contributed by atoms with E-state index < -0.39 is 0 Å². The van der Waals surface area contributed by atoms with Crippen molar-refractivity contribution in [3.8, 4) is 0 Å². The van der Waals surface area contributed by atoms with E-state index in [1.165, 1.54) is 12.8 Å². The zero-order chi connectivity index (χ0) is 9.97. The molecule has 0 bridgehead atoms. The molecule has 1 saturated carbocycles. The molecule has 0 amide bonds. The first kappa shape index (κ1) is 9.30. The number of nitrogens with zero attached hydrogens (tertiary/aromatic N) is 3. The quantitative estimate of drug-likeness (QED) is 0.768. The molecule has 5 nitrogen and oxygen atoms in total. The molecule has 0 unspecified atom stereocenters. The van der Waals surface area contributed by atoms with Gasteiger partial charge in [0, 0.05) is 13.1 Å². The highest BCUT2D eigenvalue weighted by Gasteiger charge is 2.26. The molecule has 1 aromatic heterocycles. The number of aromatic nitrogens is 2. The number of nitrogens with two attached hydrogens (primary N) is 1. The molecule has 14 heavy (non-hydrogen) atoms. The van der Waals surface area contributed by atoms with Crippen LogP contribution in [-0.4, -0.2) is 23.3 Å². The van der Waals surface area contributed by atoms with Crippen molar-refractivity contribution < 1.29 is 4.42 Å². The maximum absolute atomic E-state index is 5.39. The maximum atomic E-state index is 5.39. The first-order chi connectivity index (χ1) is 6.79. The average Bonchev–Trinajstić information content (AvgIpc) is 2.87. The Balaban J connectivity index is 2.00. The Morgan fingerprint density at radius 1 is 1.50 bits per heavy atom. The molecule has 1 aliphatic rings. The zero-order valence-corrected chi connectivity index (χ0v) is 8.44. The maximum Gasteiger partial charge on any atom is 0.319 e. The Bertz CT molecular complexity index is 295. The van der Waals surface area contributed by atoms with Crippen LogP contribution < -0.4 is 10.6 Å². The third-order valence-electron chi connectivity index (χ3n) is 2.37. The van der Waals surface area contributed by atoms with Gasteiger partial charge >= 0.3 is 12.0 Å². The molecule has 0 aliphatic heterocycles. The molecule has 0 saturated heterocycles. The van der Waals surface area contributed by atoms with Gasteiger partial charge < -0.3 is 15.1 Å². The van der Waals surface area contributed by atoms with E-state index in [1.54, 1.807) is 0 Å². The lowest BCUT2D eigenvalue weighted by atomic mass is 10.3. The molecular weight excluding hydrogens is 180 g/mol. The van der Waals surface area contributed by atoms with Crippen molar-refractivity contribution in [1.82, 2.24) is 10.2 Å². The summed E-state index contributed by atoms with van der Waals surface area (Å²) in [5.74, 6) is 0.815. The predicted molar refractivity (Wildman–Crippen MR) is 53.9 cm³/mol. The van der Waals surface area contributed by atoms with Crippen LogP contribution in [0.15, 0.2) is 4.42 Å². The summed E-state index contributed by atoms with van der Waals surface area (Å²) in [5, 5.41) is 7.57. The van der Waals surface area contributed by atoms with E-state index in [4.69, 9.17) is 10.2 Å². The normalized spacial score (nSPS) is 15.8. The number of rotatable bonds is 5. The third-order valence-corrected chi connectivity index (χ3v) is 2.37. The van der Waals surface area contributed by atoms with Gasteiger partial charge in [-0.1, -0.05) is 17.1 Å². The summed E-state index contributed by atoms with van der Waals surface area (Å²) < 4.78 is 5.21. The smallest absolute Gasteiger partial charge is 0.319 e. The van der Waals surface area contributed by atoms with Gasteiger partial charge in [0.2, 0.25) is 0 Å². The molecule has 1 heterocycles. The molecule has 1 fully saturated rings. The van der Waals surface area contributed by atoms with Crippen LogP contribution in [0.2, 0.25) is 0 Å². The van der Waals surface area contributed by atoms with Crippen molar-refractivity contribution in [1.29, 1.82) is 0 Å². The summed E-state index contributed by atoms with van der Waals surface area (Å²) in [7, 11) is 0. The van der Waals surface area contributed by atoms with E-state index in [1.807, 2.05) is 0 Å². The second-order valence-electron chi connectivity index (χ2n) is 3.81. The van der Waals surface area contributed by atoms with Crippen molar-refractivity contribution in [2.24, 2.45) is 5.92 Å². The Kier molecular flexibility index (Phi) is 2.56. The van der Waals surface area contributed by atoms with Gasteiger partial charge in [-0.2, -0.15) is 0 Å². The molecular formula is C9H16N4O. The summed E-state index contributed by atoms with van der Waals surface area (Å²) in [6.45, 7) is 4.12. The van der Waals surface area contributed by atoms with Gasteiger partial charge in [0.25, 0.3) is 0 Å². The average molecular weight is 196 g/mol. The lowest BCUT2D eigenvalue weighted by Gasteiger charge is -2.18. The number of anilines is 2. The van der Waals surface area contributed by atoms with Gasteiger partial charge in [-0.05, 0) is 25.2 Å². The fourth-order valence-electron chi connectivity index (χ4n) is 1.50. The minimum atomic E-state index is 0.150. The second kappa shape index (κ2) is 3.86. The van der Waals surface area contributed by atoms with Crippen LogP contribution in [0.25, 0.3) is 0 Å². The van der Waals surface area contributed by atoms with Gasteiger partial charge in [0.05, 0.1) is 0 Å². The zero-order valence-electron chi connectivity index (χ0n) is 8.44. The van der Waals surface area contributed by atoms with Gasteiger partial charge in [0.15, 0.2) is 0 Å². The number of hydrogen-bond donors (Lipinski definition) is 1. The largest absolute Gasteiger partial charge is 0.390 e. The summed E-state index contributed by atoms with van der Waals surface area (Å²) in [5.41, 5.74) is 5.39. The van der Waals surface area contributed by atoms with Gasteiger partial charge in [-0.3, -0.25) is 0 Å². The van der Waals surface area contributed by atoms with Gasteiger partial charge in [0.1, 0.15) is 0 Å². The Morgan fingerprint density at radius 3 is 2.79 bits per heavy atom. The highest BCUT2D eigenvalue weighted by Crippen LogP contribution is 2.31. The molecule has 0 spiro atoms. The monoisotopic (exact) mass is 196 g/mol. The minimum absolute atomic E-state index is 0.150. The molecule has 2 N–H and O–H groups in total. The minimum Gasteiger partial charge on any atom is -0.390 e. The summed E-state index contributed by atoms with van der Waals surface area (Å²) in [6, 6.07) is 0.716. The van der Waals surface area contributed by atoms with Crippen LogP contribution in [0, 0.1) is 5.92 Å². The SMILES string of the molecule is CCCN(CC1CC1)c1nnc(N)o1. The number of nitrogen functional groups attached to an aromatic ring is 1. The Labute approximate surface area is 83.3 Å². The van der Waals surface area contributed by atoms with E-state index in [0.717, 1.165) is 25.4 Å². The van der Waals surface area contributed by atoms with Crippen molar-refractivity contribution in [3.05, 3.63) is 0 Å². The summed E-state index contributed by atoms with van der Waals surface area (Å²) in [6.07, 6.45) is 3.72. The van der Waals surface area contributed by atoms with Crippen LogP contribution in [0.1, 0.15) is 26.2 Å². The Morgan fingerprint density at radius 2 is 2.29 bits per heavy atom. The molecule has 0 radical (unpaired) electrons. The van der Waals surface area contributed by atoms with E-state index >= 15 is 0 Å². The second-order valence-corrected chi connectivity index (χ2v) is 3.81. The Hall–Kier alpha value is -1.26. The predicted octanol–water partition coefficient (Wildman–Crippen LogP) is 1.28. The van der Waals surface area contributed by atoms with Crippen molar-refractivity contribution in [3.63, 3.8) is 0 Å². The van der Waals surface area contributed by atoms with E-state index in [9.17, 15) is 0 Å². The molecule has 78 valence electrons. The third kappa shape index (κ3) is 2.16. The highest BCUT2D eigenvalue weighted by atomic mass is 16.4. The van der Waals surface area contributed by atoms with Crippen molar-refractivity contribution >= 4 is 12.0 Å². The lowest BCUT2D eigenvalue weighted by molar-refractivity contribution is 0.536. The fourth-order valence-corrected chi connectivity index (χ4v) is 1.50. The molecule has 0 aromatic carbocycles. The summed E-state index contributed by atoms with van der Waals surface area (Å²) in [4.78, 5) is 2.13. The lowest BCUT2D eigenvalue weighted by Crippen LogP contribution is -2.26. The van der Waals surface area contributed by atoms with Crippen LogP contribution >= 0.6 is 0 Å². The van der Waals surface area contributed by atoms with Crippen LogP contribution in [0.5, 0.6) is 0 Å². The number of hydrogen-bond acceptors (Lipinski definition) is 5. The van der Waals surface area contributed by atoms with E-state index in [-0.39, 0.29) is 6.01 Å². The van der Waals surface area contributed by atoms with E-state index in [0.29, 0.717) is 6.01 Å². The fraction of sp³-hybridized carbons (Fsp3) is 0.778. The van der Waals surface area contributed by atoms with Crippen LogP contribution in [0.4, 0.5) is 12.0 Å². The standard InChI is InChI=1S/C9H16N4O/c1-2-5-13(6-7-3-4-7)9-12-11-8(10)14-9/h7H,2-6H2,1H3,(H2,10,11). The van der Waals surface area contributed by atoms with Crippen molar-refractivity contribution in [2.45, 2.75) is 26.2 Å².